The minimum Gasteiger partial charge on any atom is -0.478 e. The molecule has 1 aromatic rings. The maximum absolute atomic E-state index is 11.0. The summed E-state index contributed by atoms with van der Waals surface area (Å²) in [4.78, 5) is 17.0. The standard InChI is InChI=1S/C10H11ClN2O2/c11-9-5-7(10(14)15)8(6-12-9)13-3-1-2-4-13/h5-6H,1-4H2,(H,14,15). The highest BCUT2D eigenvalue weighted by molar-refractivity contribution is 6.29. The van der Waals surface area contributed by atoms with Crippen molar-refractivity contribution in [2.45, 2.75) is 12.8 Å². The van der Waals surface area contributed by atoms with Gasteiger partial charge in [-0.15, -0.1) is 0 Å². The lowest BCUT2D eigenvalue weighted by Gasteiger charge is -2.19. The van der Waals surface area contributed by atoms with Gasteiger partial charge in [0.05, 0.1) is 17.4 Å². The van der Waals surface area contributed by atoms with Gasteiger partial charge in [-0.2, -0.15) is 0 Å². The summed E-state index contributed by atoms with van der Waals surface area (Å²) in [5.74, 6) is -0.957. The molecule has 0 aromatic carbocycles. The summed E-state index contributed by atoms with van der Waals surface area (Å²) in [6.07, 6.45) is 3.74. The van der Waals surface area contributed by atoms with Gasteiger partial charge in [0, 0.05) is 13.1 Å². The zero-order valence-electron chi connectivity index (χ0n) is 8.11. The number of anilines is 1. The second-order valence-corrected chi connectivity index (χ2v) is 3.91. The van der Waals surface area contributed by atoms with Crippen molar-refractivity contribution in [1.29, 1.82) is 0 Å². The minimum atomic E-state index is -0.957. The molecule has 0 saturated carbocycles. The Kier molecular flexibility index (Phi) is 2.77. The lowest BCUT2D eigenvalue weighted by molar-refractivity contribution is 0.0697. The zero-order valence-corrected chi connectivity index (χ0v) is 8.87. The molecule has 0 radical (unpaired) electrons. The van der Waals surface area contributed by atoms with Gasteiger partial charge in [0.15, 0.2) is 0 Å². The number of aromatic carboxylic acids is 1. The smallest absolute Gasteiger partial charge is 0.337 e. The van der Waals surface area contributed by atoms with Crippen LogP contribution in [-0.2, 0) is 0 Å². The van der Waals surface area contributed by atoms with Crippen molar-refractivity contribution in [3.05, 3.63) is 23.0 Å². The zero-order chi connectivity index (χ0) is 10.8. The molecule has 0 aliphatic carbocycles. The van der Waals surface area contributed by atoms with Crippen LogP contribution in [0.15, 0.2) is 12.3 Å². The first-order valence-electron chi connectivity index (χ1n) is 4.82. The summed E-state index contributed by atoms with van der Waals surface area (Å²) in [5.41, 5.74) is 0.904. The molecule has 1 fully saturated rings. The first-order valence-corrected chi connectivity index (χ1v) is 5.20. The third kappa shape index (κ3) is 2.04. The molecule has 5 heteroatoms. The number of carboxylic acids is 1. The summed E-state index contributed by atoms with van der Waals surface area (Å²) in [6, 6.07) is 1.40. The van der Waals surface area contributed by atoms with E-state index in [0.717, 1.165) is 25.9 Å². The van der Waals surface area contributed by atoms with Crippen LogP contribution in [0, 0.1) is 0 Å². The Bertz CT molecular complexity index is 389. The molecule has 0 bridgehead atoms. The van der Waals surface area contributed by atoms with Crippen molar-refractivity contribution in [2.24, 2.45) is 0 Å². The van der Waals surface area contributed by atoms with Crippen LogP contribution in [0.1, 0.15) is 23.2 Å². The average Bonchev–Trinajstić information content (AvgIpc) is 2.70. The summed E-state index contributed by atoms with van der Waals surface area (Å²) < 4.78 is 0. The first-order chi connectivity index (χ1) is 7.18. The Morgan fingerprint density at radius 1 is 1.47 bits per heavy atom. The van der Waals surface area contributed by atoms with Crippen molar-refractivity contribution in [1.82, 2.24) is 4.98 Å². The van der Waals surface area contributed by atoms with Gasteiger partial charge in [0.1, 0.15) is 5.15 Å². The molecule has 0 atom stereocenters. The number of nitrogens with zero attached hydrogens (tertiary/aromatic N) is 2. The second kappa shape index (κ2) is 4.06. The summed E-state index contributed by atoms with van der Waals surface area (Å²) in [6.45, 7) is 1.78. The molecule has 1 saturated heterocycles. The van der Waals surface area contributed by atoms with Gasteiger partial charge in [-0.25, -0.2) is 9.78 Å². The van der Waals surface area contributed by atoms with Crippen molar-refractivity contribution >= 4 is 23.3 Å². The van der Waals surface area contributed by atoms with E-state index in [1.807, 2.05) is 4.90 Å². The Hall–Kier alpha value is -1.29. The molecular weight excluding hydrogens is 216 g/mol. The molecule has 1 aliphatic heterocycles. The SMILES string of the molecule is O=C(O)c1cc(Cl)ncc1N1CCCC1. The molecule has 1 N–H and O–H groups in total. The van der Waals surface area contributed by atoms with E-state index in [1.54, 1.807) is 0 Å². The number of carboxylic acid groups (broad SMARTS) is 1. The van der Waals surface area contributed by atoms with Gasteiger partial charge in [0.2, 0.25) is 0 Å². The molecule has 1 aliphatic rings. The van der Waals surface area contributed by atoms with Crippen LogP contribution in [0.5, 0.6) is 0 Å². The number of pyridine rings is 1. The van der Waals surface area contributed by atoms with E-state index in [9.17, 15) is 4.79 Å². The Morgan fingerprint density at radius 2 is 2.13 bits per heavy atom. The third-order valence-corrected chi connectivity index (χ3v) is 2.73. The molecule has 1 aromatic heterocycles. The van der Waals surface area contributed by atoms with E-state index >= 15 is 0 Å². The predicted octanol–water partition coefficient (Wildman–Crippen LogP) is 2.03. The van der Waals surface area contributed by atoms with E-state index in [4.69, 9.17) is 16.7 Å². The van der Waals surface area contributed by atoms with Gasteiger partial charge in [-0.3, -0.25) is 0 Å². The normalized spacial score (nSPS) is 15.7. The van der Waals surface area contributed by atoms with Crippen LogP contribution in [0.3, 0.4) is 0 Å². The Balaban J connectivity index is 2.40. The summed E-state index contributed by atoms with van der Waals surface area (Å²) in [7, 11) is 0. The highest BCUT2D eigenvalue weighted by Crippen LogP contribution is 2.25. The average molecular weight is 227 g/mol. The van der Waals surface area contributed by atoms with E-state index in [2.05, 4.69) is 4.98 Å². The Morgan fingerprint density at radius 3 is 2.73 bits per heavy atom. The fraction of sp³-hybridized carbons (Fsp3) is 0.400. The van der Waals surface area contributed by atoms with Crippen molar-refractivity contribution in [3.8, 4) is 0 Å². The fourth-order valence-corrected chi connectivity index (χ4v) is 1.96. The molecule has 80 valence electrons. The number of hydrogen-bond donors (Lipinski definition) is 1. The highest BCUT2D eigenvalue weighted by Gasteiger charge is 2.19. The highest BCUT2D eigenvalue weighted by atomic mass is 35.5. The van der Waals surface area contributed by atoms with Gasteiger partial charge >= 0.3 is 5.97 Å². The molecule has 15 heavy (non-hydrogen) atoms. The fourth-order valence-electron chi connectivity index (χ4n) is 1.80. The number of carbonyl (C=O) groups is 1. The first kappa shape index (κ1) is 10.2. The second-order valence-electron chi connectivity index (χ2n) is 3.52. The molecule has 0 unspecified atom stereocenters. The lowest BCUT2D eigenvalue weighted by atomic mass is 10.2. The van der Waals surface area contributed by atoms with Crippen molar-refractivity contribution in [2.75, 3.05) is 18.0 Å². The van der Waals surface area contributed by atoms with Crippen LogP contribution < -0.4 is 4.90 Å². The number of rotatable bonds is 2. The maximum atomic E-state index is 11.0. The van der Waals surface area contributed by atoms with Crippen LogP contribution in [0.2, 0.25) is 5.15 Å². The minimum absolute atomic E-state index is 0.218. The predicted molar refractivity (Wildman–Crippen MR) is 57.7 cm³/mol. The molecule has 2 rings (SSSR count). The van der Waals surface area contributed by atoms with Crippen LogP contribution >= 0.6 is 11.6 Å². The van der Waals surface area contributed by atoms with Gasteiger partial charge in [-0.1, -0.05) is 11.6 Å². The number of aromatic nitrogens is 1. The quantitative estimate of drug-likeness (QED) is 0.784. The van der Waals surface area contributed by atoms with Gasteiger partial charge in [-0.05, 0) is 18.9 Å². The third-order valence-electron chi connectivity index (χ3n) is 2.53. The molecule has 2 heterocycles. The molecule has 4 nitrogen and oxygen atoms in total. The largest absolute Gasteiger partial charge is 0.478 e. The number of halogens is 1. The van der Waals surface area contributed by atoms with E-state index in [1.165, 1.54) is 12.3 Å². The van der Waals surface area contributed by atoms with E-state index in [0.29, 0.717) is 5.69 Å². The van der Waals surface area contributed by atoms with Gasteiger partial charge in [0.25, 0.3) is 0 Å². The summed E-state index contributed by atoms with van der Waals surface area (Å²) in [5, 5.41) is 9.26. The maximum Gasteiger partial charge on any atom is 0.337 e. The topological polar surface area (TPSA) is 53.4 Å². The molecule has 0 spiro atoms. The van der Waals surface area contributed by atoms with E-state index in [-0.39, 0.29) is 10.7 Å². The van der Waals surface area contributed by atoms with Gasteiger partial charge < -0.3 is 10.0 Å². The molecule has 0 amide bonds. The van der Waals surface area contributed by atoms with Crippen LogP contribution in [-0.4, -0.2) is 29.1 Å². The van der Waals surface area contributed by atoms with Crippen LogP contribution in [0.25, 0.3) is 0 Å². The lowest BCUT2D eigenvalue weighted by Crippen LogP contribution is -2.20. The monoisotopic (exact) mass is 226 g/mol. The van der Waals surface area contributed by atoms with Crippen molar-refractivity contribution in [3.63, 3.8) is 0 Å². The van der Waals surface area contributed by atoms with Crippen molar-refractivity contribution < 1.29 is 9.90 Å². The van der Waals surface area contributed by atoms with Crippen LogP contribution in [0.4, 0.5) is 5.69 Å². The van der Waals surface area contributed by atoms with E-state index < -0.39 is 5.97 Å². The number of hydrogen-bond acceptors (Lipinski definition) is 3. The Labute approximate surface area is 92.5 Å². The summed E-state index contributed by atoms with van der Waals surface area (Å²) >= 11 is 5.67. The molecular formula is C10H11ClN2O2.